The van der Waals surface area contributed by atoms with E-state index in [-0.39, 0.29) is 36.2 Å². The van der Waals surface area contributed by atoms with Crippen LogP contribution in [0.5, 0.6) is 0 Å². The second-order valence-corrected chi connectivity index (χ2v) is 17.7. The maximum Gasteiger partial charge on any atom is 0.362 e. The van der Waals surface area contributed by atoms with E-state index in [2.05, 4.69) is 86.8 Å². The number of hydrogen-bond acceptors (Lipinski definition) is 6. The number of carbonyl (C=O) groups is 3. The maximum atomic E-state index is 12.8. The van der Waals surface area contributed by atoms with E-state index < -0.39 is 18.1 Å². The van der Waals surface area contributed by atoms with Gasteiger partial charge in [-0.15, -0.1) is 0 Å². The van der Waals surface area contributed by atoms with Gasteiger partial charge in [-0.05, 0) is 83.5 Å². The molecule has 0 aliphatic heterocycles. The summed E-state index contributed by atoms with van der Waals surface area (Å²) < 4.78 is 17.3. The van der Waals surface area contributed by atoms with E-state index in [9.17, 15) is 19.5 Å². The lowest BCUT2D eigenvalue weighted by atomic mass is 10.1. The minimum Gasteiger partial charge on any atom is -0.477 e. The molecule has 0 aliphatic carbocycles. The van der Waals surface area contributed by atoms with Crippen LogP contribution in [0.1, 0.15) is 200 Å². The van der Waals surface area contributed by atoms with Gasteiger partial charge in [0, 0.05) is 19.3 Å². The molecule has 0 fully saturated rings. The number of rotatable bonds is 44. The predicted octanol–water partition coefficient (Wildman–Crippen LogP) is 14.3. The molecule has 0 aromatic rings. The third kappa shape index (κ3) is 42.1. The van der Waals surface area contributed by atoms with E-state index >= 15 is 0 Å². The van der Waals surface area contributed by atoms with Crippen molar-refractivity contribution in [2.24, 2.45) is 0 Å². The molecule has 0 rings (SSSR count). The minimum atomic E-state index is -0.880. The zero-order chi connectivity index (χ0) is 45.6. The number of aliphatic carboxylic acids is 1. The highest BCUT2D eigenvalue weighted by Crippen LogP contribution is 2.14. The molecule has 0 bridgehead atoms. The summed E-state index contributed by atoms with van der Waals surface area (Å²) in [5.41, 5.74) is 0. The first kappa shape index (κ1) is 58.8. The molecular formula is C54H94NO7+. The summed E-state index contributed by atoms with van der Waals surface area (Å²) in [5.74, 6) is -1.50. The number of esters is 2. The number of likely N-dealkylation sites (N-methyl/N-ethyl adjacent to an activating group) is 1. The Bertz CT molecular complexity index is 1240. The molecule has 0 heterocycles. The molecular weight excluding hydrogens is 775 g/mol. The van der Waals surface area contributed by atoms with Crippen molar-refractivity contribution in [1.29, 1.82) is 0 Å². The van der Waals surface area contributed by atoms with Crippen LogP contribution in [0.25, 0.3) is 0 Å². The van der Waals surface area contributed by atoms with Gasteiger partial charge < -0.3 is 23.8 Å². The van der Waals surface area contributed by atoms with Gasteiger partial charge >= 0.3 is 17.9 Å². The molecule has 2 unspecified atom stereocenters. The highest BCUT2D eigenvalue weighted by Gasteiger charge is 2.31. The monoisotopic (exact) mass is 869 g/mol. The van der Waals surface area contributed by atoms with E-state index in [1.165, 1.54) is 70.6 Å². The lowest BCUT2D eigenvalue weighted by Crippen LogP contribution is -2.50. The fraction of sp³-hybridized carbons (Fsp3) is 0.722. The minimum absolute atomic E-state index is 0.0502. The van der Waals surface area contributed by atoms with E-state index in [0.717, 1.165) is 96.3 Å². The third-order valence-corrected chi connectivity index (χ3v) is 10.8. The molecule has 8 nitrogen and oxygen atoms in total. The molecule has 0 saturated heterocycles. The van der Waals surface area contributed by atoms with Crippen LogP contribution in [0, 0.1) is 0 Å². The van der Waals surface area contributed by atoms with Crippen molar-refractivity contribution in [3.05, 3.63) is 72.9 Å². The lowest BCUT2D eigenvalue weighted by Gasteiger charge is -2.31. The number of nitrogens with zero attached hydrogens (tertiary/aromatic N) is 1. The maximum absolute atomic E-state index is 12.8. The van der Waals surface area contributed by atoms with Crippen LogP contribution >= 0.6 is 0 Å². The Morgan fingerprint density at radius 3 is 1.35 bits per heavy atom. The average molecular weight is 869 g/mol. The van der Waals surface area contributed by atoms with E-state index in [4.69, 9.17) is 14.2 Å². The van der Waals surface area contributed by atoms with Crippen molar-refractivity contribution in [2.75, 3.05) is 41.0 Å². The Morgan fingerprint density at radius 2 is 0.903 bits per heavy atom. The smallest absolute Gasteiger partial charge is 0.362 e. The number of carboxylic acid groups (broad SMARTS) is 1. The van der Waals surface area contributed by atoms with Crippen LogP contribution < -0.4 is 0 Å². The zero-order valence-corrected chi connectivity index (χ0v) is 40.6. The molecule has 0 aromatic carbocycles. The van der Waals surface area contributed by atoms with Gasteiger partial charge in [-0.1, -0.05) is 170 Å². The zero-order valence-electron chi connectivity index (χ0n) is 40.6. The van der Waals surface area contributed by atoms with E-state index in [1.54, 1.807) is 0 Å². The Labute approximate surface area is 381 Å². The summed E-state index contributed by atoms with van der Waals surface area (Å²) in [6.45, 7) is 4.60. The number of quaternary nitrogens is 1. The molecule has 0 radical (unpaired) electrons. The number of hydrogen-bond donors (Lipinski definition) is 1. The van der Waals surface area contributed by atoms with Crippen LogP contribution in [-0.4, -0.2) is 80.6 Å². The van der Waals surface area contributed by atoms with Gasteiger partial charge in [0.2, 0.25) is 0 Å². The average Bonchev–Trinajstić information content (AvgIpc) is 3.23. The molecule has 62 heavy (non-hydrogen) atoms. The third-order valence-electron chi connectivity index (χ3n) is 10.8. The van der Waals surface area contributed by atoms with Gasteiger partial charge in [0.15, 0.2) is 12.1 Å². The normalized spacial score (nSPS) is 13.5. The first-order valence-electron chi connectivity index (χ1n) is 25.0. The summed E-state index contributed by atoms with van der Waals surface area (Å²) >= 11 is 0. The fourth-order valence-electron chi connectivity index (χ4n) is 6.99. The van der Waals surface area contributed by atoms with Crippen molar-refractivity contribution in [3.8, 4) is 0 Å². The SMILES string of the molecule is CC/C=C/C/C=C/C/C=C/C/C=C/C/C=C/CCCCCCCCC(=O)OCC(COCCC(C(=O)O)[N+](C)(C)C)OC(=O)CCCCCCC/C=C/CCCCCCCCC. The largest absolute Gasteiger partial charge is 0.477 e. The van der Waals surface area contributed by atoms with Crippen molar-refractivity contribution in [2.45, 2.75) is 212 Å². The predicted molar refractivity (Wildman–Crippen MR) is 261 cm³/mol. The van der Waals surface area contributed by atoms with Gasteiger partial charge in [-0.25, -0.2) is 4.79 Å². The van der Waals surface area contributed by atoms with Crippen molar-refractivity contribution >= 4 is 17.9 Å². The van der Waals surface area contributed by atoms with Crippen LogP contribution in [0.3, 0.4) is 0 Å². The number of ether oxygens (including phenoxy) is 3. The second-order valence-electron chi connectivity index (χ2n) is 17.7. The molecule has 1 N–H and O–H groups in total. The van der Waals surface area contributed by atoms with Crippen LogP contribution in [-0.2, 0) is 28.6 Å². The Hall–Kier alpha value is -3.23. The molecule has 0 amide bonds. The highest BCUT2D eigenvalue weighted by molar-refractivity contribution is 5.72. The van der Waals surface area contributed by atoms with Gasteiger partial charge in [0.05, 0.1) is 34.4 Å². The molecule has 0 aliphatic rings. The number of carbonyl (C=O) groups excluding carboxylic acids is 2. The van der Waals surface area contributed by atoms with Gasteiger partial charge in [-0.2, -0.15) is 0 Å². The van der Waals surface area contributed by atoms with Crippen molar-refractivity contribution < 1.29 is 38.2 Å². The first-order chi connectivity index (χ1) is 30.1. The highest BCUT2D eigenvalue weighted by atomic mass is 16.6. The summed E-state index contributed by atoms with van der Waals surface area (Å²) in [6.07, 6.45) is 56.6. The summed E-state index contributed by atoms with van der Waals surface area (Å²) in [5, 5.41) is 9.65. The lowest BCUT2D eigenvalue weighted by molar-refractivity contribution is -0.887. The van der Waals surface area contributed by atoms with Crippen molar-refractivity contribution in [1.82, 2.24) is 0 Å². The first-order valence-corrected chi connectivity index (χ1v) is 25.0. The van der Waals surface area contributed by atoms with Crippen LogP contribution in [0.15, 0.2) is 72.9 Å². The molecule has 0 saturated carbocycles. The van der Waals surface area contributed by atoms with Gasteiger partial charge in [0.1, 0.15) is 6.61 Å². The van der Waals surface area contributed by atoms with Crippen LogP contribution in [0.2, 0.25) is 0 Å². The number of unbranched alkanes of at least 4 members (excludes halogenated alkanes) is 18. The van der Waals surface area contributed by atoms with E-state index in [0.29, 0.717) is 19.3 Å². The summed E-state index contributed by atoms with van der Waals surface area (Å²) in [6, 6.07) is -0.622. The van der Waals surface area contributed by atoms with Crippen molar-refractivity contribution in [3.63, 3.8) is 0 Å². The molecule has 356 valence electrons. The Kier molecular flexibility index (Phi) is 42.1. The quantitative estimate of drug-likeness (QED) is 0.0282. The number of allylic oxidation sites excluding steroid dienone is 12. The summed E-state index contributed by atoms with van der Waals surface area (Å²) in [4.78, 5) is 37.1. The molecule has 8 heteroatoms. The van der Waals surface area contributed by atoms with Gasteiger partial charge in [-0.3, -0.25) is 9.59 Å². The number of carboxylic acids is 1. The van der Waals surface area contributed by atoms with Gasteiger partial charge in [0.25, 0.3) is 0 Å². The summed E-state index contributed by atoms with van der Waals surface area (Å²) in [7, 11) is 5.52. The Morgan fingerprint density at radius 1 is 0.500 bits per heavy atom. The molecule has 0 aromatic heterocycles. The van der Waals surface area contributed by atoms with Crippen LogP contribution in [0.4, 0.5) is 0 Å². The fourth-order valence-corrected chi connectivity index (χ4v) is 6.99. The standard InChI is InChI=1S/C54H93NO7/c1-6-8-10-12-14-16-18-20-22-24-25-26-27-28-29-31-32-34-36-38-40-42-44-52(56)61-49-50(48-60-47-46-51(54(58)59)55(3,4)5)62-53(57)45-43-41-39-37-35-33-30-23-21-19-17-15-13-11-9-7-2/h8,10,14,16,20,22-23,25-26,28-30,50-51H,6-7,9,11-13,15,17-19,21,24,27,31-49H2,1-5H3/p+1/b10-8+,16-14+,22-20+,26-25+,29-28+,30-23+. The van der Waals surface area contributed by atoms with E-state index in [1.807, 2.05) is 21.1 Å². The topological polar surface area (TPSA) is 99.1 Å². The second kappa shape index (κ2) is 44.4. The molecule has 0 spiro atoms. The Balaban J connectivity index is 4.31. The molecule has 2 atom stereocenters.